The zero-order valence-corrected chi connectivity index (χ0v) is 13.2. The van der Waals surface area contributed by atoms with Crippen LogP contribution in [0.4, 0.5) is 5.69 Å². The van der Waals surface area contributed by atoms with Gasteiger partial charge in [-0.15, -0.1) is 0 Å². The highest BCUT2D eigenvalue weighted by Crippen LogP contribution is 2.39. The molecule has 0 amide bonds. The second-order valence-electron chi connectivity index (χ2n) is 6.20. The minimum absolute atomic E-state index is 0.673. The number of hydrogen-bond donors (Lipinski definition) is 1. The maximum Gasteiger partial charge on any atom is 0.213 e. The van der Waals surface area contributed by atoms with Crippen molar-refractivity contribution in [3.05, 3.63) is 18.3 Å². The molecule has 2 aliphatic rings. The Kier molecular flexibility index (Phi) is 4.63. The number of ether oxygens (including phenoxy) is 1. The van der Waals surface area contributed by atoms with Crippen molar-refractivity contribution in [3.8, 4) is 5.88 Å². The van der Waals surface area contributed by atoms with E-state index in [0.29, 0.717) is 24.7 Å². The van der Waals surface area contributed by atoms with Gasteiger partial charge in [0.05, 0.1) is 18.5 Å². The van der Waals surface area contributed by atoms with Crippen LogP contribution in [0, 0.1) is 0 Å². The molecule has 1 aromatic rings. The first-order valence-corrected chi connectivity index (χ1v) is 8.42. The van der Waals surface area contributed by atoms with Gasteiger partial charge in [0.1, 0.15) is 0 Å². The number of nitrogens with zero attached hydrogens (tertiary/aromatic N) is 2. The van der Waals surface area contributed by atoms with Crippen LogP contribution in [0.25, 0.3) is 0 Å². The van der Waals surface area contributed by atoms with E-state index in [1.54, 1.807) is 0 Å². The number of fused-ring (bicyclic) bond motifs is 2. The van der Waals surface area contributed by atoms with Crippen molar-refractivity contribution in [2.75, 3.05) is 18.1 Å². The summed E-state index contributed by atoms with van der Waals surface area (Å²) in [7, 11) is 0. The third-order valence-electron chi connectivity index (χ3n) is 4.73. The number of pyridine rings is 1. The fraction of sp³-hybridized carbons (Fsp3) is 0.706. The summed E-state index contributed by atoms with van der Waals surface area (Å²) in [6.07, 6.45) is 8.38. The van der Waals surface area contributed by atoms with E-state index < -0.39 is 0 Å². The van der Waals surface area contributed by atoms with Crippen LogP contribution in [0.3, 0.4) is 0 Å². The molecule has 0 aromatic carbocycles. The number of nitrogens with one attached hydrogen (secondary N) is 1. The minimum Gasteiger partial charge on any atom is -0.478 e. The summed E-state index contributed by atoms with van der Waals surface area (Å²) in [6, 6.07) is 6.23. The van der Waals surface area contributed by atoms with E-state index in [0.717, 1.165) is 12.4 Å². The van der Waals surface area contributed by atoms with Crippen LogP contribution in [-0.4, -0.2) is 36.3 Å². The fourth-order valence-corrected chi connectivity index (χ4v) is 3.87. The van der Waals surface area contributed by atoms with E-state index in [1.807, 2.05) is 19.2 Å². The SMILES string of the molecule is CCCNC1CC2CCC(C1)N2c1ccc(OCC)nc1. The molecule has 2 atom stereocenters. The smallest absolute Gasteiger partial charge is 0.213 e. The average molecular weight is 289 g/mol. The van der Waals surface area contributed by atoms with Gasteiger partial charge in [0.2, 0.25) is 5.88 Å². The Bertz CT molecular complexity index is 434. The molecule has 0 saturated carbocycles. The molecule has 0 aliphatic carbocycles. The summed E-state index contributed by atoms with van der Waals surface area (Å²) in [5.41, 5.74) is 1.26. The van der Waals surface area contributed by atoms with Crippen molar-refractivity contribution < 1.29 is 4.74 Å². The molecule has 2 fully saturated rings. The summed E-state index contributed by atoms with van der Waals surface area (Å²) >= 11 is 0. The van der Waals surface area contributed by atoms with E-state index >= 15 is 0 Å². The average Bonchev–Trinajstić information content (AvgIpc) is 2.77. The predicted octanol–water partition coefficient (Wildman–Crippen LogP) is 2.98. The first kappa shape index (κ1) is 14.6. The van der Waals surface area contributed by atoms with Crippen molar-refractivity contribution >= 4 is 5.69 Å². The standard InChI is InChI=1S/C17H27N3O/c1-3-9-18-13-10-14-5-6-15(11-13)20(14)16-7-8-17(19-12-16)21-4-2/h7-8,12-15,18H,3-6,9-11H2,1-2H3. The topological polar surface area (TPSA) is 37.4 Å². The van der Waals surface area contributed by atoms with Crippen molar-refractivity contribution in [2.45, 2.75) is 64.1 Å². The van der Waals surface area contributed by atoms with Gasteiger partial charge in [-0.2, -0.15) is 0 Å². The molecule has 4 heteroatoms. The maximum absolute atomic E-state index is 5.44. The van der Waals surface area contributed by atoms with Crippen LogP contribution in [0.5, 0.6) is 5.88 Å². The molecular weight excluding hydrogens is 262 g/mol. The Morgan fingerprint density at radius 1 is 1.24 bits per heavy atom. The van der Waals surface area contributed by atoms with Gasteiger partial charge in [0, 0.05) is 24.2 Å². The number of piperidine rings is 1. The Morgan fingerprint density at radius 2 is 2.00 bits per heavy atom. The molecule has 0 radical (unpaired) electrons. The normalized spacial score (nSPS) is 27.9. The summed E-state index contributed by atoms with van der Waals surface area (Å²) < 4.78 is 5.44. The van der Waals surface area contributed by atoms with Crippen LogP contribution in [-0.2, 0) is 0 Å². The van der Waals surface area contributed by atoms with Crippen LogP contribution < -0.4 is 15.0 Å². The molecule has 21 heavy (non-hydrogen) atoms. The van der Waals surface area contributed by atoms with Crippen molar-refractivity contribution in [1.82, 2.24) is 10.3 Å². The lowest BCUT2D eigenvalue weighted by Crippen LogP contribution is -2.49. The van der Waals surface area contributed by atoms with Crippen LogP contribution in [0.2, 0.25) is 0 Å². The highest BCUT2D eigenvalue weighted by atomic mass is 16.5. The highest BCUT2D eigenvalue weighted by molar-refractivity contribution is 5.49. The molecule has 2 unspecified atom stereocenters. The highest BCUT2D eigenvalue weighted by Gasteiger charge is 2.40. The molecule has 4 nitrogen and oxygen atoms in total. The van der Waals surface area contributed by atoms with E-state index in [1.165, 1.54) is 37.8 Å². The van der Waals surface area contributed by atoms with Gasteiger partial charge in [-0.25, -0.2) is 4.98 Å². The number of aromatic nitrogens is 1. The Labute approximate surface area is 127 Å². The Balaban J connectivity index is 1.67. The second-order valence-corrected chi connectivity index (χ2v) is 6.20. The lowest BCUT2D eigenvalue weighted by Gasteiger charge is -2.40. The molecule has 2 bridgehead atoms. The third kappa shape index (κ3) is 3.15. The van der Waals surface area contributed by atoms with Gasteiger partial charge in [0.15, 0.2) is 0 Å². The molecule has 116 valence electrons. The summed E-state index contributed by atoms with van der Waals surface area (Å²) in [6.45, 7) is 6.05. The van der Waals surface area contributed by atoms with Crippen molar-refractivity contribution in [1.29, 1.82) is 0 Å². The predicted molar refractivity (Wildman–Crippen MR) is 86.0 cm³/mol. The molecular formula is C17H27N3O. The van der Waals surface area contributed by atoms with Gasteiger partial charge in [-0.1, -0.05) is 6.92 Å². The largest absolute Gasteiger partial charge is 0.478 e. The summed E-state index contributed by atoms with van der Waals surface area (Å²) in [4.78, 5) is 7.03. The molecule has 1 N–H and O–H groups in total. The van der Waals surface area contributed by atoms with Gasteiger partial charge in [-0.3, -0.25) is 0 Å². The van der Waals surface area contributed by atoms with E-state index in [2.05, 4.69) is 28.2 Å². The molecule has 0 spiro atoms. The van der Waals surface area contributed by atoms with Gasteiger partial charge < -0.3 is 15.0 Å². The maximum atomic E-state index is 5.44. The Morgan fingerprint density at radius 3 is 2.57 bits per heavy atom. The molecule has 3 rings (SSSR count). The number of rotatable bonds is 6. The first-order chi connectivity index (χ1) is 10.3. The third-order valence-corrected chi connectivity index (χ3v) is 4.73. The first-order valence-electron chi connectivity index (χ1n) is 8.42. The molecule has 2 saturated heterocycles. The lowest BCUT2D eigenvalue weighted by molar-refractivity contribution is 0.326. The van der Waals surface area contributed by atoms with Crippen LogP contribution >= 0.6 is 0 Å². The minimum atomic E-state index is 0.673. The van der Waals surface area contributed by atoms with Crippen molar-refractivity contribution in [2.24, 2.45) is 0 Å². The molecule has 2 aliphatic heterocycles. The Hall–Kier alpha value is -1.29. The number of anilines is 1. The zero-order valence-electron chi connectivity index (χ0n) is 13.2. The molecule has 1 aromatic heterocycles. The van der Waals surface area contributed by atoms with Crippen LogP contribution in [0.15, 0.2) is 18.3 Å². The van der Waals surface area contributed by atoms with Gasteiger partial charge in [-0.05, 0) is 51.6 Å². The van der Waals surface area contributed by atoms with Gasteiger partial charge >= 0.3 is 0 Å². The van der Waals surface area contributed by atoms with E-state index in [-0.39, 0.29) is 0 Å². The van der Waals surface area contributed by atoms with E-state index in [9.17, 15) is 0 Å². The van der Waals surface area contributed by atoms with Crippen LogP contribution in [0.1, 0.15) is 46.0 Å². The fourth-order valence-electron chi connectivity index (χ4n) is 3.87. The monoisotopic (exact) mass is 289 g/mol. The molecule has 3 heterocycles. The lowest BCUT2D eigenvalue weighted by atomic mass is 9.96. The van der Waals surface area contributed by atoms with E-state index in [4.69, 9.17) is 4.74 Å². The van der Waals surface area contributed by atoms with Crippen molar-refractivity contribution in [3.63, 3.8) is 0 Å². The van der Waals surface area contributed by atoms with Gasteiger partial charge in [0.25, 0.3) is 0 Å². The number of hydrogen-bond acceptors (Lipinski definition) is 4. The summed E-state index contributed by atoms with van der Waals surface area (Å²) in [5, 5.41) is 3.71. The zero-order chi connectivity index (χ0) is 14.7. The second kappa shape index (κ2) is 6.65. The quantitative estimate of drug-likeness (QED) is 0.873. The summed E-state index contributed by atoms with van der Waals surface area (Å²) in [5.74, 6) is 0.730.